The van der Waals surface area contributed by atoms with Crippen LogP contribution < -0.4 is 15.5 Å². The molecular formula is C25H32ClN5O2S. The van der Waals surface area contributed by atoms with E-state index in [2.05, 4.69) is 16.7 Å². The number of benzene rings is 2. The molecule has 1 fully saturated rings. The first kappa shape index (κ1) is 24.7. The van der Waals surface area contributed by atoms with Crippen LogP contribution in [0.3, 0.4) is 0 Å². The highest BCUT2D eigenvalue weighted by atomic mass is 35.5. The van der Waals surface area contributed by atoms with E-state index in [4.69, 9.17) is 21.6 Å². The lowest BCUT2D eigenvalue weighted by atomic mass is 9.86. The predicted molar refractivity (Wildman–Crippen MR) is 140 cm³/mol. The summed E-state index contributed by atoms with van der Waals surface area (Å²) in [6, 6.07) is 13.4. The Morgan fingerprint density at radius 2 is 1.79 bits per heavy atom. The first-order chi connectivity index (χ1) is 16.2. The molecule has 1 heterocycles. The fourth-order valence-electron chi connectivity index (χ4n) is 4.47. The van der Waals surface area contributed by atoms with Crippen molar-refractivity contribution in [3.63, 3.8) is 0 Å². The van der Waals surface area contributed by atoms with Crippen molar-refractivity contribution in [3.05, 3.63) is 53.1 Å². The smallest absolute Gasteiger partial charge is 0.225 e. The Morgan fingerprint density at radius 3 is 2.47 bits per heavy atom. The van der Waals surface area contributed by atoms with Crippen molar-refractivity contribution in [1.29, 1.82) is 0 Å². The first-order valence-corrected chi connectivity index (χ1v) is 13.9. The average Bonchev–Trinajstić information content (AvgIpc) is 2.80. The highest BCUT2D eigenvalue weighted by Gasteiger charge is 2.22. The number of aromatic nitrogens is 2. The second-order valence-electron chi connectivity index (χ2n) is 9.30. The van der Waals surface area contributed by atoms with Crippen molar-refractivity contribution in [1.82, 2.24) is 15.3 Å². The van der Waals surface area contributed by atoms with Crippen LogP contribution in [0.2, 0.25) is 5.02 Å². The SMILES string of the molecule is CN(C)c1nc(N[C@H]2CC[C@@H](CNCc3ccc(S(C)(=O)=O)cc3Cl)CC2)nc2ccccc12. The van der Waals surface area contributed by atoms with E-state index in [1.165, 1.54) is 12.3 Å². The number of nitrogens with one attached hydrogen (secondary N) is 2. The Bertz CT molecular complexity index is 1260. The predicted octanol–water partition coefficient (Wildman–Crippen LogP) is 4.51. The largest absolute Gasteiger partial charge is 0.362 e. The van der Waals surface area contributed by atoms with Crippen LogP contribution in [-0.4, -0.2) is 51.3 Å². The lowest BCUT2D eigenvalue weighted by molar-refractivity contribution is 0.324. The summed E-state index contributed by atoms with van der Waals surface area (Å²) in [7, 11) is 0.760. The molecular weight excluding hydrogens is 470 g/mol. The molecule has 34 heavy (non-hydrogen) atoms. The first-order valence-electron chi connectivity index (χ1n) is 11.6. The Hall–Kier alpha value is -2.42. The summed E-state index contributed by atoms with van der Waals surface area (Å²) in [5.41, 5.74) is 1.86. The third-order valence-corrected chi connectivity index (χ3v) is 7.85. The van der Waals surface area contributed by atoms with Gasteiger partial charge in [-0.05, 0) is 68.0 Å². The number of hydrogen-bond acceptors (Lipinski definition) is 7. The van der Waals surface area contributed by atoms with E-state index in [-0.39, 0.29) is 4.90 Å². The van der Waals surface area contributed by atoms with Gasteiger partial charge >= 0.3 is 0 Å². The minimum atomic E-state index is -3.25. The highest BCUT2D eigenvalue weighted by molar-refractivity contribution is 7.90. The van der Waals surface area contributed by atoms with Gasteiger partial charge in [-0.1, -0.05) is 29.8 Å². The summed E-state index contributed by atoms with van der Waals surface area (Å²) < 4.78 is 23.3. The van der Waals surface area contributed by atoms with Crippen molar-refractivity contribution in [2.75, 3.05) is 37.1 Å². The molecule has 2 N–H and O–H groups in total. The number of fused-ring (bicyclic) bond motifs is 1. The van der Waals surface area contributed by atoms with Gasteiger partial charge in [-0.2, -0.15) is 4.98 Å². The van der Waals surface area contributed by atoms with Crippen LogP contribution in [0, 0.1) is 5.92 Å². The van der Waals surface area contributed by atoms with Gasteiger partial charge < -0.3 is 15.5 Å². The molecule has 1 saturated carbocycles. The third-order valence-electron chi connectivity index (χ3n) is 6.39. The molecule has 0 saturated heterocycles. The van der Waals surface area contributed by atoms with Crippen molar-refractivity contribution in [2.45, 2.75) is 43.2 Å². The molecule has 0 spiro atoms. The Balaban J connectivity index is 1.28. The van der Waals surface area contributed by atoms with E-state index < -0.39 is 9.84 Å². The molecule has 7 nitrogen and oxygen atoms in total. The molecule has 4 rings (SSSR count). The topological polar surface area (TPSA) is 87.2 Å². The molecule has 182 valence electrons. The standard InChI is InChI=1S/C25H32ClN5O2S/c1-31(2)24-21-6-4-5-7-23(21)29-25(30-24)28-19-11-8-17(9-12-19)15-27-16-18-10-13-20(14-22(18)26)34(3,32)33/h4-7,10,13-14,17,19,27H,8-9,11-12,15-16H2,1-3H3,(H,28,29,30)/t17-,19+. The molecule has 3 aromatic rings. The number of rotatable bonds is 8. The van der Waals surface area contributed by atoms with Gasteiger partial charge in [0.05, 0.1) is 10.4 Å². The molecule has 0 atom stereocenters. The van der Waals surface area contributed by atoms with Gasteiger partial charge in [0.1, 0.15) is 5.82 Å². The van der Waals surface area contributed by atoms with Gasteiger partial charge in [-0.15, -0.1) is 0 Å². The minimum Gasteiger partial charge on any atom is -0.362 e. The van der Waals surface area contributed by atoms with Crippen molar-refractivity contribution >= 4 is 44.1 Å². The summed E-state index contributed by atoms with van der Waals surface area (Å²) in [5, 5.41) is 8.59. The number of hydrogen-bond donors (Lipinski definition) is 2. The summed E-state index contributed by atoms with van der Waals surface area (Å²) in [6.07, 6.45) is 5.58. The Kier molecular flexibility index (Phi) is 7.60. The van der Waals surface area contributed by atoms with Crippen LogP contribution in [0.5, 0.6) is 0 Å². The van der Waals surface area contributed by atoms with E-state index >= 15 is 0 Å². The second-order valence-corrected chi connectivity index (χ2v) is 11.7. The van der Waals surface area contributed by atoms with Gasteiger partial charge in [0.2, 0.25) is 5.95 Å². The number of halogens is 1. The monoisotopic (exact) mass is 501 g/mol. The Morgan fingerprint density at radius 1 is 1.06 bits per heavy atom. The number of anilines is 2. The van der Waals surface area contributed by atoms with E-state index in [0.29, 0.717) is 29.5 Å². The second kappa shape index (κ2) is 10.5. The molecule has 1 aromatic heterocycles. The van der Waals surface area contributed by atoms with Gasteiger partial charge in [-0.3, -0.25) is 0 Å². The zero-order chi connectivity index (χ0) is 24.3. The number of para-hydroxylation sites is 1. The van der Waals surface area contributed by atoms with Crippen molar-refractivity contribution in [3.8, 4) is 0 Å². The highest BCUT2D eigenvalue weighted by Crippen LogP contribution is 2.28. The zero-order valence-electron chi connectivity index (χ0n) is 19.9. The van der Waals surface area contributed by atoms with Gasteiger partial charge in [0.15, 0.2) is 9.84 Å². The molecule has 0 aliphatic heterocycles. The van der Waals surface area contributed by atoms with Crippen LogP contribution in [0.4, 0.5) is 11.8 Å². The van der Waals surface area contributed by atoms with Gasteiger partial charge in [0.25, 0.3) is 0 Å². The van der Waals surface area contributed by atoms with Crippen molar-refractivity contribution in [2.24, 2.45) is 5.92 Å². The van der Waals surface area contributed by atoms with Crippen LogP contribution in [0.15, 0.2) is 47.4 Å². The fraction of sp³-hybridized carbons (Fsp3) is 0.440. The Labute approximate surface area is 206 Å². The van der Waals surface area contributed by atoms with Gasteiger partial charge in [0, 0.05) is 43.3 Å². The average molecular weight is 502 g/mol. The maximum absolute atomic E-state index is 11.7. The number of nitrogens with zero attached hydrogens (tertiary/aromatic N) is 3. The molecule has 0 bridgehead atoms. The van der Waals surface area contributed by atoms with E-state index in [9.17, 15) is 8.42 Å². The normalized spacial score (nSPS) is 18.7. The number of sulfone groups is 1. The third kappa shape index (κ3) is 5.98. The summed E-state index contributed by atoms with van der Waals surface area (Å²) >= 11 is 6.29. The van der Waals surface area contributed by atoms with E-state index in [0.717, 1.165) is 54.5 Å². The summed E-state index contributed by atoms with van der Waals surface area (Å²) in [6.45, 7) is 1.54. The lowest BCUT2D eigenvalue weighted by Gasteiger charge is -2.29. The zero-order valence-corrected chi connectivity index (χ0v) is 21.5. The van der Waals surface area contributed by atoms with Crippen molar-refractivity contribution < 1.29 is 8.42 Å². The maximum Gasteiger partial charge on any atom is 0.225 e. The molecule has 9 heteroatoms. The van der Waals surface area contributed by atoms with Gasteiger partial charge in [-0.25, -0.2) is 13.4 Å². The lowest BCUT2D eigenvalue weighted by Crippen LogP contribution is -2.31. The van der Waals surface area contributed by atoms with E-state index in [1.54, 1.807) is 12.1 Å². The van der Waals surface area contributed by atoms with Crippen LogP contribution >= 0.6 is 11.6 Å². The van der Waals surface area contributed by atoms with Crippen LogP contribution in [-0.2, 0) is 16.4 Å². The minimum absolute atomic E-state index is 0.250. The molecule has 0 amide bonds. The fourth-order valence-corrected chi connectivity index (χ4v) is 5.43. The summed E-state index contributed by atoms with van der Waals surface area (Å²) in [5.74, 6) is 2.22. The molecule has 0 radical (unpaired) electrons. The quantitative estimate of drug-likeness (QED) is 0.469. The van der Waals surface area contributed by atoms with Crippen LogP contribution in [0.1, 0.15) is 31.2 Å². The molecule has 0 unspecified atom stereocenters. The maximum atomic E-state index is 11.7. The molecule has 1 aliphatic carbocycles. The molecule has 2 aromatic carbocycles. The van der Waals surface area contributed by atoms with Crippen LogP contribution in [0.25, 0.3) is 10.9 Å². The summed E-state index contributed by atoms with van der Waals surface area (Å²) in [4.78, 5) is 11.8. The molecule has 1 aliphatic rings. The van der Waals surface area contributed by atoms with E-state index in [1.807, 2.05) is 37.2 Å².